The van der Waals surface area contributed by atoms with Crippen molar-refractivity contribution < 1.29 is 9.63 Å². The molecule has 0 atom stereocenters. The van der Waals surface area contributed by atoms with Crippen LogP contribution in [0.3, 0.4) is 0 Å². The highest BCUT2D eigenvalue weighted by Crippen LogP contribution is 2.26. The molecule has 0 unspecified atom stereocenters. The van der Waals surface area contributed by atoms with Crippen molar-refractivity contribution in [2.75, 3.05) is 5.32 Å². The van der Waals surface area contributed by atoms with Crippen LogP contribution in [0.5, 0.6) is 0 Å². The van der Waals surface area contributed by atoms with Gasteiger partial charge in [-0.25, -0.2) is 5.48 Å². The molecule has 0 radical (unpaired) electrons. The Hall–Kier alpha value is -1.65. The molecule has 2 N–H and O–H groups in total. The van der Waals surface area contributed by atoms with Crippen LogP contribution < -0.4 is 10.8 Å². The SMILES string of the molecule is Cc1cc(I)ccc1Nc1ccc(I)cc1C(=O)NOCc1ccccc1. The van der Waals surface area contributed by atoms with E-state index in [1.54, 1.807) is 0 Å². The van der Waals surface area contributed by atoms with Gasteiger partial charge in [0.05, 0.1) is 17.9 Å². The number of amides is 1. The van der Waals surface area contributed by atoms with Gasteiger partial charge in [-0.1, -0.05) is 30.3 Å². The van der Waals surface area contributed by atoms with Crippen LogP contribution in [-0.4, -0.2) is 5.91 Å². The van der Waals surface area contributed by atoms with E-state index in [0.717, 1.165) is 26.1 Å². The Morgan fingerprint density at radius 2 is 1.59 bits per heavy atom. The Morgan fingerprint density at radius 1 is 0.926 bits per heavy atom. The lowest BCUT2D eigenvalue weighted by molar-refractivity contribution is 0.0234. The maximum atomic E-state index is 12.7. The smallest absolute Gasteiger partial charge is 0.276 e. The van der Waals surface area contributed by atoms with Crippen molar-refractivity contribution in [2.45, 2.75) is 13.5 Å². The number of rotatable bonds is 6. The number of nitrogens with one attached hydrogen (secondary N) is 2. The maximum absolute atomic E-state index is 12.7. The quantitative estimate of drug-likeness (QED) is 0.284. The molecule has 6 heteroatoms. The Balaban J connectivity index is 1.74. The number of aryl methyl sites for hydroxylation is 1. The van der Waals surface area contributed by atoms with Crippen LogP contribution in [0.2, 0.25) is 0 Å². The average Bonchev–Trinajstić information content (AvgIpc) is 2.66. The summed E-state index contributed by atoms with van der Waals surface area (Å²) in [4.78, 5) is 18.0. The Kier molecular flexibility index (Phi) is 7.08. The molecular formula is C21H18I2N2O2. The molecule has 0 spiro atoms. The van der Waals surface area contributed by atoms with E-state index in [9.17, 15) is 4.79 Å². The summed E-state index contributed by atoms with van der Waals surface area (Å²) in [6.07, 6.45) is 0. The molecule has 0 saturated heterocycles. The van der Waals surface area contributed by atoms with Gasteiger partial charge in [0, 0.05) is 12.8 Å². The maximum Gasteiger partial charge on any atom is 0.276 e. The van der Waals surface area contributed by atoms with Crippen LogP contribution in [0, 0.1) is 14.1 Å². The van der Waals surface area contributed by atoms with Gasteiger partial charge in [-0.05, 0) is 99.6 Å². The van der Waals surface area contributed by atoms with E-state index in [2.05, 4.69) is 62.0 Å². The van der Waals surface area contributed by atoms with Crippen LogP contribution in [0.1, 0.15) is 21.5 Å². The summed E-state index contributed by atoms with van der Waals surface area (Å²) in [5.74, 6) is -0.282. The zero-order valence-electron chi connectivity index (χ0n) is 14.6. The van der Waals surface area contributed by atoms with Crippen LogP contribution >= 0.6 is 45.2 Å². The number of anilines is 2. The second-order valence-electron chi connectivity index (χ2n) is 5.98. The van der Waals surface area contributed by atoms with Gasteiger partial charge in [0.25, 0.3) is 5.91 Å². The molecule has 138 valence electrons. The van der Waals surface area contributed by atoms with Crippen molar-refractivity contribution in [3.05, 3.63) is 90.6 Å². The fraction of sp³-hybridized carbons (Fsp3) is 0.0952. The number of benzene rings is 3. The Labute approximate surface area is 185 Å². The molecular weight excluding hydrogens is 566 g/mol. The molecule has 3 aromatic carbocycles. The molecule has 4 nitrogen and oxygen atoms in total. The average molecular weight is 584 g/mol. The highest BCUT2D eigenvalue weighted by Gasteiger charge is 2.13. The van der Waals surface area contributed by atoms with Crippen molar-refractivity contribution >= 4 is 62.5 Å². The fourth-order valence-electron chi connectivity index (χ4n) is 2.54. The van der Waals surface area contributed by atoms with Crippen molar-refractivity contribution in [2.24, 2.45) is 0 Å². The standard InChI is InChI=1S/C21H18I2N2O2/c1-14-11-16(22)7-9-19(14)24-20-10-8-17(23)12-18(20)21(26)25-27-13-15-5-3-2-4-6-15/h2-12,24H,13H2,1H3,(H,25,26). The van der Waals surface area contributed by atoms with Gasteiger partial charge >= 0.3 is 0 Å². The largest absolute Gasteiger partial charge is 0.355 e. The molecule has 3 aromatic rings. The summed E-state index contributed by atoms with van der Waals surface area (Å²) in [6, 6.07) is 21.6. The molecule has 1 amide bonds. The summed E-state index contributed by atoms with van der Waals surface area (Å²) >= 11 is 4.48. The normalized spacial score (nSPS) is 10.5. The number of carbonyl (C=O) groups is 1. The lowest BCUT2D eigenvalue weighted by Gasteiger charge is -2.15. The summed E-state index contributed by atoms with van der Waals surface area (Å²) in [6.45, 7) is 2.36. The van der Waals surface area contributed by atoms with Gasteiger partial charge in [0.2, 0.25) is 0 Å². The van der Waals surface area contributed by atoms with Gasteiger partial charge in [-0.2, -0.15) is 0 Å². The first kappa shape index (κ1) is 20.1. The van der Waals surface area contributed by atoms with Crippen molar-refractivity contribution in [1.29, 1.82) is 0 Å². The summed E-state index contributed by atoms with van der Waals surface area (Å²) in [7, 11) is 0. The third-order valence-corrected chi connectivity index (χ3v) is 5.27. The predicted molar refractivity (Wildman–Crippen MR) is 125 cm³/mol. The van der Waals surface area contributed by atoms with Gasteiger partial charge in [0.15, 0.2) is 0 Å². The topological polar surface area (TPSA) is 50.4 Å². The molecule has 0 bridgehead atoms. The first-order chi connectivity index (χ1) is 13.0. The van der Waals surface area contributed by atoms with Gasteiger partial charge in [0.1, 0.15) is 0 Å². The first-order valence-corrected chi connectivity index (χ1v) is 10.5. The van der Waals surface area contributed by atoms with Crippen molar-refractivity contribution in [1.82, 2.24) is 5.48 Å². The van der Waals surface area contributed by atoms with E-state index in [1.165, 1.54) is 3.57 Å². The molecule has 27 heavy (non-hydrogen) atoms. The molecule has 0 aliphatic carbocycles. The number of hydrogen-bond acceptors (Lipinski definition) is 3. The summed E-state index contributed by atoms with van der Waals surface area (Å²) < 4.78 is 2.15. The van der Waals surface area contributed by atoms with Gasteiger partial charge in [-0.3, -0.25) is 9.63 Å². The van der Waals surface area contributed by atoms with Crippen LogP contribution in [0.4, 0.5) is 11.4 Å². The van der Waals surface area contributed by atoms with Crippen LogP contribution in [0.25, 0.3) is 0 Å². The van der Waals surface area contributed by atoms with Crippen LogP contribution in [-0.2, 0) is 11.4 Å². The summed E-state index contributed by atoms with van der Waals surface area (Å²) in [5.41, 5.74) is 6.89. The zero-order valence-corrected chi connectivity index (χ0v) is 18.9. The van der Waals surface area contributed by atoms with Crippen molar-refractivity contribution in [3.63, 3.8) is 0 Å². The monoisotopic (exact) mass is 584 g/mol. The van der Waals surface area contributed by atoms with E-state index in [-0.39, 0.29) is 5.91 Å². The van der Waals surface area contributed by atoms with E-state index in [4.69, 9.17) is 4.84 Å². The van der Waals surface area contributed by atoms with E-state index in [0.29, 0.717) is 12.2 Å². The molecule has 0 heterocycles. The number of hydrogen-bond donors (Lipinski definition) is 2. The third-order valence-electron chi connectivity index (χ3n) is 3.93. The summed E-state index contributed by atoms with van der Waals surface area (Å²) in [5, 5.41) is 3.36. The molecule has 0 saturated carbocycles. The lowest BCUT2D eigenvalue weighted by atomic mass is 10.1. The van der Waals surface area contributed by atoms with E-state index >= 15 is 0 Å². The minimum atomic E-state index is -0.282. The number of hydroxylamine groups is 1. The van der Waals surface area contributed by atoms with E-state index in [1.807, 2.05) is 67.6 Å². The Morgan fingerprint density at radius 3 is 2.30 bits per heavy atom. The second-order valence-corrected chi connectivity index (χ2v) is 8.47. The van der Waals surface area contributed by atoms with E-state index < -0.39 is 0 Å². The fourth-order valence-corrected chi connectivity index (χ4v) is 3.68. The minimum Gasteiger partial charge on any atom is -0.355 e. The Bertz CT molecular complexity index is 946. The highest BCUT2D eigenvalue weighted by atomic mass is 127. The molecule has 0 aliphatic rings. The number of carbonyl (C=O) groups excluding carboxylic acids is 1. The predicted octanol–water partition coefficient (Wildman–Crippen LogP) is 5.81. The second kappa shape index (κ2) is 9.52. The molecule has 0 aromatic heterocycles. The van der Waals surface area contributed by atoms with Gasteiger partial charge < -0.3 is 5.32 Å². The molecule has 0 fully saturated rings. The zero-order chi connectivity index (χ0) is 19.2. The minimum absolute atomic E-state index is 0.282. The van der Waals surface area contributed by atoms with Crippen molar-refractivity contribution in [3.8, 4) is 0 Å². The van der Waals surface area contributed by atoms with Gasteiger partial charge in [-0.15, -0.1) is 0 Å². The highest BCUT2D eigenvalue weighted by molar-refractivity contribution is 14.1. The third kappa shape index (κ3) is 5.66. The number of halogens is 2. The first-order valence-electron chi connectivity index (χ1n) is 8.32. The lowest BCUT2D eigenvalue weighted by Crippen LogP contribution is -2.24. The molecule has 0 aliphatic heterocycles. The molecule has 3 rings (SSSR count). The van der Waals surface area contributed by atoms with Crippen LogP contribution in [0.15, 0.2) is 66.7 Å².